The lowest BCUT2D eigenvalue weighted by molar-refractivity contribution is 0.460. The first-order valence-electron chi connectivity index (χ1n) is 14.3. The van der Waals surface area contributed by atoms with Gasteiger partial charge >= 0.3 is 0 Å². The van der Waals surface area contributed by atoms with Crippen molar-refractivity contribution in [2.24, 2.45) is 0 Å². The molecular formula is C32H36N2O8S4. The molecule has 0 N–H and O–H groups in total. The van der Waals surface area contributed by atoms with E-state index in [1.54, 1.807) is 76.2 Å². The fourth-order valence-electron chi connectivity index (χ4n) is 4.53. The van der Waals surface area contributed by atoms with Gasteiger partial charge in [0.2, 0.25) is 0 Å². The highest BCUT2D eigenvalue weighted by molar-refractivity contribution is 8.04. The minimum Gasteiger partial charge on any atom is -0.206 e. The molecule has 0 bridgehead atoms. The van der Waals surface area contributed by atoms with E-state index >= 15 is 0 Å². The number of nitrogens with zero attached hydrogens (tertiary/aromatic N) is 2. The molecular weight excluding hydrogens is 669 g/mol. The minimum absolute atomic E-state index is 0.181. The Kier molecular flexibility index (Phi) is 10.6. The summed E-state index contributed by atoms with van der Waals surface area (Å²) in [5.74, 6) is 0. The molecule has 0 amide bonds. The van der Waals surface area contributed by atoms with Crippen LogP contribution in [0.25, 0.3) is 0 Å². The van der Waals surface area contributed by atoms with Crippen LogP contribution in [0.15, 0.2) is 117 Å². The van der Waals surface area contributed by atoms with Crippen molar-refractivity contribution in [2.45, 2.75) is 60.1 Å². The van der Waals surface area contributed by atoms with Gasteiger partial charge in [0.25, 0.3) is 40.1 Å². The van der Waals surface area contributed by atoms with Crippen molar-refractivity contribution in [3.8, 4) is 0 Å². The molecule has 10 nitrogen and oxygen atoms in total. The summed E-state index contributed by atoms with van der Waals surface area (Å²) in [7, 11) is -18.4. The Bertz CT molecular complexity index is 1810. The molecule has 4 rings (SSSR count). The summed E-state index contributed by atoms with van der Waals surface area (Å²) in [4.78, 5) is -0.947. The van der Waals surface area contributed by atoms with Gasteiger partial charge < -0.3 is 0 Å². The van der Waals surface area contributed by atoms with E-state index in [9.17, 15) is 33.7 Å². The van der Waals surface area contributed by atoms with Crippen LogP contribution in [0.5, 0.6) is 0 Å². The Morgan fingerprint density at radius 3 is 0.696 bits per heavy atom. The molecule has 0 radical (unpaired) electrons. The zero-order valence-corrected chi connectivity index (χ0v) is 29.1. The predicted octanol–water partition coefficient (Wildman–Crippen LogP) is 5.16. The maximum atomic E-state index is 13.7. The molecule has 46 heavy (non-hydrogen) atoms. The van der Waals surface area contributed by atoms with Crippen molar-refractivity contribution in [3.05, 3.63) is 119 Å². The summed E-state index contributed by atoms with van der Waals surface area (Å²) in [6, 6.07) is 22.9. The second-order valence-corrected chi connectivity index (χ2v) is 18.9. The van der Waals surface area contributed by atoms with Gasteiger partial charge in [0, 0.05) is 13.1 Å². The van der Waals surface area contributed by atoms with Gasteiger partial charge in [0.05, 0.1) is 19.6 Å². The summed E-state index contributed by atoms with van der Waals surface area (Å²) in [6.45, 7) is 5.93. The first kappa shape index (κ1) is 35.5. The Balaban J connectivity index is 1.68. The first-order valence-corrected chi connectivity index (χ1v) is 20.1. The van der Waals surface area contributed by atoms with Gasteiger partial charge in [-0.25, -0.2) is 33.7 Å². The monoisotopic (exact) mass is 704 g/mol. The number of benzene rings is 4. The Morgan fingerprint density at radius 2 is 0.522 bits per heavy atom. The molecule has 246 valence electrons. The lowest BCUT2D eigenvalue weighted by atomic mass is 10.2. The Morgan fingerprint density at radius 1 is 0.348 bits per heavy atom. The molecule has 0 unspecified atom stereocenters. The van der Waals surface area contributed by atoms with Crippen LogP contribution in [0.2, 0.25) is 0 Å². The second-order valence-electron chi connectivity index (χ2n) is 11.0. The number of hydrogen-bond donors (Lipinski definition) is 0. The molecule has 0 saturated carbocycles. The third kappa shape index (κ3) is 7.59. The number of hydrogen-bond acceptors (Lipinski definition) is 8. The highest BCUT2D eigenvalue weighted by Crippen LogP contribution is 2.28. The van der Waals surface area contributed by atoms with Crippen molar-refractivity contribution in [3.63, 3.8) is 0 Å². The van der Waals surface area contributed by atoms with E-state index in [1.165, 1.54) is 48.5 Å². The molecule has 0 saturated heterocycles. The molecule has 0 heterocycles. The van der Waals surface area contributed by atoms with Crippen molar-refractivity contribution in [2.75, 3.05) is 13.1 Å². The van der Waals surface area contributed by atoms with Crippen LogP contribution in [0.4, 0.5) is 0 Å². The number of unbranched alkanes of at least 4 members (excludes halogenated alkanes) is 1. The standard InChI is InChI=1S/C32H36N2O8S4/c1-25-7-15-29(16-8-25)43(35,36)33(44(37,38)30-17-9-26(2)10-18-30)23-5-6-24-34(45(39,40)31-19-11-27(3)12-20-31)46(41,42)32-21-13-28(4)14-22-32/h7-22H,5-6,23-24H2,1-4H3. The van der Waals surface area contributed by atoms with Crippen molar-refractivity contribution >= 4 is 40.1 Å². The van der Waals surface area contributed by atoms with Gasteiger partial charge in [-0.1, -0.05) is 78.2 Å². The molecule has 0 aliphatic rings. The van der Waals surface area contributed by atoms with Crippen LogP contribution in [0, 0.1) is 27.7 Å². The predicted molar refractivity (Wildman–Crippen MR) is 176 cm³/mol. The van der Waals surface area contributed by atoms with E-state index in [2.05, 4.69) is 0 Å². The summed E-state index contributed by atoms with van der Waals surface area (Å²) in [5, 5.41) is 0. The maximum absolute atomic E-state index is 13.7. The average molecular weight is 705 g/mol. The lowest BCUT2D eigenvalue weighted by Crippen LogP contribution is -2.39. The normalized spacial score (nSPS) is 12.9. The van der Waals surface area contributed by atoms with E-state index in [0.717, 1.165) is 22.3 Å². The van der Waals surface area contributed by atoms with Gasteiger partial charge in [-0.2, -0.15) is 0 Å². The zero-order valence-electron chi connectivity index (χ0n) is 25.9. The first-order chi connectivity index (χ1) is 21.5. The molecule has 0 aliphatic heterocycles. The zero-order chi connectivity index (χ0) is 33.9. The van der Waals surface area contributed by atoms with Gasteiger partial charge in [0.15, 0.2) is 0 Å². The molecule has 0 aromatic heterocycles. The summed E-state index contributed by atoms with van der Waals surface area (Å²) < 4.78 is 111. The molecule has 0 atom stereocenters. The molecule has 0 aliphatic carbocycles. The third-order valence-corrected chi connectivity index (χ3v) is 16.0. The highest BCUT2D eigenvalue weighted by Gasteiger charge is 2.38. The largest absolute Gasteiger partial charge is 0.256 e. The van der Waals surface area contributed by atoms with Crippen molar-refractivity contribution in [1.82, 2.24) is 7.42 Å². The van der Waals surface area contributed by atoms with Gasteiger partial charge in [-0.3, -0.25) is 0 Å². The molecule has 0 spiro atoms. The smallest absolute Gasteiger partial charge is 0.206 e. The lowest BCUT2D eigenvalue weighted by Gasteiger charge is -2.24. The van der Waals surface area contributed by atoms with Crippen LogP contribution in [-0.4, -0.2) is 54.2 Å². The SMILES string of the molecule is Cc1ccc(S(=O)(=O)N(CCCCN(S(=O)(=O)c2ccc(C)cc2)S(=O)(=O)c2ccc(C)cc2)S(=O)(=O)c2ccc(C)cc2)cc1. The quantitative estimate of drug-likeness (QED) is 0.174. The van der Waals surface area contributed by atoms with Gasteiger partial charge in [-0.15, -0.1) is 0 Å². The fourth-order valence-corrected chi connectivity index (χ4v) is 12.0. The van der Waals surface area contributed by atoms with Crippen LogP contribution < -0.4 is 0 Å². The Labute approximate surface area is 272 Å². The topological polar surface area (TPSA) is 143 Å². The van der Waals surface area contributed by atoms with Crippen LogP contribution in [0.1, 0.15) is 35.1 Å². The average Bonchev–Trinajstić information content (AvgIpc) is 2.99. The number of aryl methyl sites for hydroxylation is 4. The number of sulfonamides is 4. The Hall–Kier alpha value is -3.40. The summed E-state index contributed by atoms with van der Waals surface area (Å²) in [6.07, 6.45) is -0.362. The van der Waals surface area contributed by atoms with Gasteiger partial charge in [0.1, 0.15) is 0 Å². The maximum Gasteiger partial charge on any atom is 0.256 e. The van der Waals surface area contributed by atoms with E-state index < -0.39 is 53.2 Å². The number of rotatable bonds is 13. The van der Waals surface area contributed by atoms with E-state index in [0.29, 0.717) is 7.42 Å². The second kappa shape index (κ2) is 13.8. The summed E-state index contributed by atoms with van der Waals surface area (Å²) >= 11 is 0. The van der Waals surface area contributed by atoms with Crippen molar-refractivity contribution in [1.29, 1.82) is 0 Å². The van der Waals surface area contributed by atoms with Crippen LogP contribution in [0.3, 0.4) is 0 Å². The highest BCUT2D eigenvalue weighted by atomic mass is 32.3. The molecule has 0 fully saturated rings. The third-order valence-electron chi connectivity index (χ3n) is 7.28. The van der Waals surface area contributed by atoms with E-state index in [-0.39, 0.29) is 32.4 Å². The molecule has 14 heteroatoms. The van der Waals surface area contributed by atoms with Gasteiger partial charge in [-0.05, 0) is 89.1 Å². The molecule has 4 aromatic carbocycles. The minimum atomic E-state index is -4.59. The summed E-state index contributed by atoms with van der Waals surface area (Å²) in [5.41, 5.74) is 3.10. The molecule has 4 aromatic rings. The van der Waals surface area contributed by atoms with E-state index in [1.807, 2.05) is 0 Å². The van der Waals surface area contributed by atoms with Crippen molar-refractivity contribution < 1.29 is 33.7 Å². The fraction of sp³-hybridized carbons (Fsp3) is 0.250. The van der Waals surface area contributed by atoms with E-state index in [4.69, 9.17) is 0 Å². The van der Waals surface area contributed by atoms with Crippen LogP contribution in [-0.2, 0) is 40.1 Å². The van der Waals surface area contributed by atoms with Crippen LogP contribution >= 0.6 is 0 Å².